The predicted octanol–water partition coefficient (Wildman–Crippen LogP) is 4.20. The zero-order chi connectivity index (χ0) is 15.4. The molecule has 0 fully saturated rings. The van der Waals surface area contributed by atoms with Gasteiger partial charge in [-0.2, -0.15) is 0 Å². The molecule has 0 aliphatic heterocycles. The van der Waals surface area contributed by atoms with Crippen LogP contribution in [0.15, 0.2) is 30.3 Å². The number of halogens is 2. The van der Waals surface area contributed by atoms with Crippen LogP contribution in [0.3, 0.4) is 0 Å². The van der Waals surface area contributed by atoms with Gasteiger partial charge in [0.1, 0.15) is 11.5 Å². The molecule has 0 aromatic heterocycles. The fourth-order valence-corrected chi connectivity index (χ4v) is 2.35. The molecular formula is C15H16Cl2N2O2. The second-order valence-electron chi connectivity index (χ2n) is 4.43. The van der Waals surface area contributed by atoms with Crippen LogP contribution in [-0.2, 0) is 6.54 Å². The van der Waals surface area contributed by atoms with Crippen molar-refractivity contribution in [2.45, 2.75) is 6.54 Å². The summed E-state index contributed by atoms with van der Waals surface area (Å²) in [5.41, 5.74) is 7.89. The summed E-state index contributed by atoms with van der Waals surface area (Å²) in [6, 6.07) is 9.15. The summed E-state index contributed by atoms with van der Waals surface area (Å²) in [5, 5.41) is 4.09. The van der Waals surface area contributed by atoms with Crippen molar-refractivity contribution in [2.75, 3.05) is 25.3 Å². The van der Waals surface area contributed by atoms with E-state index in [1.165, 1.54) is 0 Å². The molecule has 4 nitrogen and oxygen atoms in total. The number of benzene rings is 2. The summed E-state index contributed by atoms with van der Waals surface area (Å²) in [6.45, 7) is 0.574. The van der Waals surface area contributed by atoms with E-state index in [4.69, 9.17) is 38.4 Å². The summed E-state index contributed by atoms with van der Waals surface area (Å²) >= 11 is 12.0. The predicted molar refractivity (Wildman–Crippen MR) is 87.7 cm³/mol. The van der Waals surface area contributed by atoms with Crippen LogP contribution in [0.2, 0.25) is 10.0 Å². The number of nitrogen functional groups attached to an aromatic ring is 1. The van der Waals surface area contributed by atoms with Crippen LogP contribution in [0.5, 0.6) is 11.5 Å². The van der Waals surface area contributed by atoms with E-state index in [-0.39, 0.29) is 0 Å². The van der Waals surface area contributed by atoms with Crippen LogP contribution < -0.4 is 20.5 Å². The second-order valence-corrected chi connectivity index (χ2v) is 5.24. The molecule has 0 heterocycles. The fourth-order valence-electron chi connectivity index (χ4n) is 1.86. The second kappa shape index (κ2) is 6.78. The molecule has 0 saturated heterocycles. The third-order valence-electron chi connectivity index (χ3n) is 2.99. The average Bonchev–Trinajstić information content (AvgIpc) is 2.49. The first-order valence-corrected chi connectivity index (χ1v) is 6.99. The van der Waals surface area contributed by atoms with Crippen molar-refractivity contribution >= 4 is 34.6 Å². The molecule has 0 aliphatic rings. The van der Waals surface area contributed by atoms with Gasteiger partial charge in [-0.1, -0.05) is 23.2 Å². The van der Waals surface area contributed by atoms with Crippen molar-refractivity contribution in [1.29, 1.82) is 0 Å². The Kier molecular flexibility index (Phi) is 5.04. The molecule has 6 heteroatoms. The fraction of sp³-hybridized carbons (Fsp3) is 0.200. The van der Waals surface area contributed by atoms with Gasteiger partial charge in [-0.05, 0) is 29.8 Å². The molecular weight excluding hydrogens is 311 g/mol. The minimum Gasteiger partial charge on any atom is -0.497 e. The number of hydrogen-bond acceptors (Lipinski definition) is 4. The van der Waals surface area contributed by atoms with Gasteiger partial charge in [0.2, 0.25) is 0 Å². The van der Waals surface area contributed by atoms with Crippen LogP contribution in [0.4, 0.5) is 11.4 Å². The van der Waals surface area contributed by atoms with Gasteiger partial charge in [-0.3, -0.25) is 0 Å². The lowest BCUT2D eigenvalue weighted by molar-refractivity contribution is 0.393. The molecule has 2 rings (SSSR count). The van der Waals surface area contributed by atoms with Crippen LogP contribution in [0.25, 0.3) is 0 Å². The Balaban J connectivity index is 2.16. The summed E-state index contributed by atoms with van der Waals surface area (Å²) in [6.07, 6.45) is 0. The third-order valence-corrected chi connectivity index (χ3v) is 3.61. The molecule has 0 bridgehead atoms. The highest BCUT2D eigenvalue weighted by Crippen LogP contribution is 2.31. The van der Waals surface area contributed by atoms with Crippen LogP contribution in [-0.4, -0.2) is 14.2 Å². The number of anilines is 2. The Morgan fingerprint density at radius 1 is 0.952 bits per heavy atom. The number of hydrogen-bond donors (Lipinski definition) is 2. The number of methoxy groups -OCH3 is 2. The number of ether oxygens (including phenoxy) is 2. The maximum atomic E-state index is 6.01. The van der Waals surface area contributed by atoms with Gasteiger partial charge >= 0.3 is 0 Å². The Morgan fingerprint density at radius 3 is 1.95 bits per heavy atom. The Morgan fingerprint density at radius 2 is 1.48 bits per heavy atom. The van der Waals surface area contributed by atoms with Crippen molar-refractivity contribution in [1.82, 2.24) is 0 Å². The van der Waals surface area contributed by atoms with E-state index in [1.54, 1.807) is 26.4 Å². The largest absolute Gasteiger partial charge is 0.497 e. The maximum absolute atomic E-state index is 6.01. The van der Waals surface area contributed by atoms with Gasteiger partial charge in [-0.15, -0.1) is 0 Å². The molecule has 21 heavy (non-hydrogen) atoms. The lowest BCUT2D eigenvalue weighted by atomic mass is 10.2. The highest BCUT2D eigenvalue weighted by molar-refractivity contribution is 6.39. The first kappa shape index (κ1) is 15.6. The molecule has 3 N–H and O–H groups in total. The summed E-state index contributed by atoms with van der Waals surface area (Å²) in [4.78, 5) is 0. The molecule has 0 saturated carbocycles. The average molecular weight is 327 g/mol. The molecule has 0 amide bonds. The minimum absolute atomic E-state index is 0.381. The Hall–Kier alpha value is -1.78. The van der Waals surface area contributed by atoms with Crippen LogP contribution >= 0.6 is 23.2 Å². The summed E-state index contributed by atoms with van der Waals surface area (Å²) < 4.78 is 10.5. The molecule has 112 valence electrons. The van der Waals surface area contributed by atoms with Crippen LogP contribution in [0, 0.1) is 0 Å². The zero-order valence-electron chi connectivity index (χ0n) is 11.7. The lowest BCUT2D eigenvalue weighted by Gasteiger charge is -2.12. The smallest absolute Gasteiger partial charge is 0.122 e. The van der Waals surface area contributed by atoms with Gasteiger partial charge in [0.25, 0.3) is 0 Å². The molecule has 0 atom stereocenters. The lowest BCUT2D eigenvalue weighted by Crippen LogP contribution is -2.01. The molecule has 2 aromatic rings. The third kappa shape index (κ3) is 3.86. The highest BCUT2D eigenvalue weighted by Gasteiger charge is 2.06. The number of nitrogens with two attached hydrogens (primary N) is 1. The van der Waals surface area contributed by atoms with Crippen molar-refractivity contribution in [3.8, 4) is 11.5 Å². The van der Waals surface area contributed by atoms with Gasteiger partial charge < -0.3 is 20.5 Å². The van der Waals surface area contributed by atoms with Crippen molar-refractivity contribution in [2.24, 2.45) is 0 Å². The first-order valence-electron chi connectivity index (χ1n) is 6.24. The molecule has 0 radical (unpaired) electrons. The van der Waals surface area contributed by atoms with E-state index in [0.29, 0.717) is 22.3 Å². The first-order chi connectivity index (χ1) is 10.0. The SMILES string of the molecule is COc1cc(CNc2cc(Cl)c(N)c(Cl)c2)cc(OC)c1. The monoisotopic (exact) mass is 326 g/mol. The molecule has 0 spiro atoms. The minimum atomic E-state index is 0.381. The topological polar surface area (TPSA) is 56.5 Å². The highest BCUT2D eigenvalue weighted by atomic mass is 35.5. The quantitative estimate of drug-likeness (QED) is 0.808. The Labute approximate surface area is 133 Å². The Bertz CT molecular complexity index is 602. The van der Waals surface area contributed by atoms with Gasteiger partial charge in [0, 0.05) is 18.3 Å². The maximum Gasteiger partial charge on any atom is 0.122 e. The van der Waals surface area contributed by atoms with Crippen molar-refractivity contribution in [3.05, 3.63) is 45.9 Å². The molecule has 2 aromatic carbocycles. The summed E-state index contributed by atoms with van der Waals surface area (Å²) in [7, 11) is 3.23. The normalized spacial score (nSPS) is 10.3. The van der Waals surface area contributed by atoms with Crippen molar-refractivity contribution in [3.63, 3.8) is 0 Å². The van der Waals surface area contributed by atoms with E-state index in [2.05, 4.69) is 5.32 Å². The standard InChI is InChI=1S/C15H16Cl2N2O2/c1-20-11-3-9(4-12(7-11)21-2)8-19-10-5-13(16)15(18)14(17)6-10/h3-7,19H,8,18H2,1-2H3. The summed E-state index contributed by atoms with van der Waals surface area (Å²) in [5.74, 6) is 1.47. The van der Waals surface area contributed by atoms with E-state index >= 15 is 0 Å². The van der Waals surface area contributed by atoms with E-state index in [0.717, 1.165) is 22.7 Å². The van der Waals surface area contributed by atoms with E-state index < -0.39 is 0 Å². The van der Waals surface area contributed by atoms with Crippen molar-refractivity contribution < 1.29 is 9.47 Å². The van der Waals surface area contributed by atoms with Gasteiger partial charge in [-0.25, -0.2) is 0 Å². The molecule has 0 unspecified atom stereocenters. The van der Waals surface area contributed by atoms with Gasteiger partial charge in [0.15, 0.2) is 0 Å². The number of nitrogens with one attached hydrogen (secondary N) is 1. The zero-order valence-corrected chi connectivity index (χ0v) is 13.3. The van der Waals surface area contributed by atoms with E-state index in [9.17, 15) is 0 Å². The molecule has 0 aliphatic carbocycles. The number of rotatable bonds is 5. The van der Waals surface area contributed by atoms with Crippen LogP contribution in [0.1, 0.15) is 5.56 Å². The van der Waals surface area contributed by atoms with Gasteiger partial charge in [0.05, 0.1) is 30.0 Å². The van der Waals surface area contributed by atoms with E-state index in [1.807, 2.05) is 18.2 Å².